The van der Waals surface area contributed by atoms with Crippen molar-refractivity contribution < 1.29 is 9.84 Å². The summed E-state index contributed by atoms with van der Waals surface area (Å²) in [7, 11) is 0. The number of fused-ring (bicyclic) bond motifs is 1. The zero-order valence-electron chi connectivity index (χ0n) is 12.6. The quantitative estimate of drug-likeness (QED) is 0.424. The van der Waals surface area contributed by atoms with Crippen molar-refractivity contribution in [1.82, 2.24) is 4.57 Å². The minimum atomic E-state index is -0.147. The molecule has 0 aliphatic heterocycles. The highest BCUT2D eigenvalue weighted by Gasteiger charge is 2.17. The Morgan fingerprint density at radius 3 is 2.67 bits per heavy atom. The van der Waals surface area contributed by atoms with Gasteiger partial charge >= 0.3 is 0 Å². The molecule has 0 saturated carbocycles. The van der Waals surface area contributed by atoms with Gasteiger partial charge in [0.15, 0.2) is 5.69 Å². The molecular formula is C17H14BrClN2O3. The van der Waals surface area contributed by atoms with Crippen LogP contribution in [-0.2, 0) is 6.54 Å². The van der Waals surface area contributed by atoms with Gasteiger partial charge in [-0.05, 0) is 54.1 Å². The molecule has 2 aromatic carbocycles. The first-order valence-electron chi connectivity index (χ1n) is 7.32. The van der Waals surface area contributed by atoms with Crippen molar-refractivity contribution in [3.05, 3.63) is 56.9 Å². The first-order chi connectivity index (χ1) is 11.6. The van der Waals surface area contributed by atoms with Gasteiger partial charge in [-0.1, -0.05) is 27.5 Å². The molecule has 1 N–H and O–H groups in total. The first kappa shape index (κ1) is 16.8. The monoisotopic (exact) mass is 408 g/mol. The predicted molar refractivity (Wildman–Crippen MR) is 98.3 cm³/mol. The van der Waals surface area contributed by atoms with Crippen LogP contribution in [0.3, 0.4) is 0 Å². The topological polar surface area (TPSA) is 63.8 Å². The molecule has 124 valence electrons. The van der Waals surface area contributed by atoms with Crippen molar-refractivity contribution in [2.45, 2.75) is 13.0 Å². The van der Waals surface area contributed by atoms with E-state index in [1.165, 1.54) is 0 Å². The molecule has 0 amide bonds. The van der Waals surface area contributed by atoms with E-state index in [1.54, 1.807) is 22.8 Å². The Balaban J connectivity index is 1.72. The van der Waals surface area contributed by atoms with Crippen LogP contribution in [0.25, 0.3) is 10.9 Å². The van der Waals surface area contributed by atoms with E-state index in [0.717, 1.165) is 15.7 Å². The number of rotatable bonds is 6. The van der Waals surface area contributed by atoms with E-state index in [4.69, 9.17) is 16.3 Å². The maximum absolute atomic E-state index is 11.0. The molecule has 0 saturated heterocycles. The van der Waals surface area contributed by atoms with Crippen LogP contribution < -0.4 is 4.74 Å². The van der Waals surface area contributed by atoms with Crippen molar-refractivity contribution in [2.24, 2.45) is 5.18 Å². The van der Waals surface area contributed by atoms with E-state index < -0.39 is 0 Å². The number of hydrogen-bond donors (Lipinski definition) is 1. The molecule has 24 heavy (non-hydrogen) atoms. The van der Waals surface area contributed by atoms with Gasteiger partial charge in [-0.25, -0.2) is 0 Å². The summed E-state index contributed by atoms with van der Waals surface area (Å²) >= 11 is 9.33. The third kappa shape index (κ3) is 3.39. The van der Waals surface area contributed by atoms with Crippen LogP contribution in [-0.4, -0.2) is 16.3 Å². The molecule has 0 aliphatic carbocycles. The summed E-state index contributed by atoms with van der Waals surface area (Å²) < 4.78 is 8.30. The highest BCUT2D eigenvalue weighted by Crippen LogP contribution is 2.39. The summed E-state index contributed by atoms with van der Waals surface area (Å²) in [6.45, 7) is 0.980. The lowest BCUT2D eigenvalue weighted by Crippen LogP contribution is -2.04. The minimum absolute atomic E-state index is 0.0151. The molecule has 0 fully saturated rings. The summed E-state index contributed by atoms with van der Waals surface area (Å²) in [5, 5.41) is 14.2. The van der Waals surface area contributed by atoms with Crippen LogP contribution in [0, 0.1) is 4.91 Å². The Hall–Kier alpha value is -2.05. The number of benzene rings is 2. The maximum atomic E-state index is 11.0. The molecule has 0 unspecified atom stereocenters. The first-order valence-corrected chi connectivity index (χ1v) is 8.49. The molecule has 7 heteroatoms. The van der Waals surface area contributed by atoms with Crippen molar-refractivity contribution in [2.75, 3.05) is 6.61 Å². The summed E-state index contributed by atoms with van der Waals surface area (Å²) in [6.07, 6.45) is 0.661. The van der Waals surface area contributed by atoms with Crippen LogP contribution in [0.2, 0.25) is 5.02 Å². The van der Waals surface area contributed by atoms with E-state index in [9.17, 15) is 10.0 Å². The fourth-order valence-corrected chi connectivity index (χ4v) is 2.99. The Bertz CT molecular complexity index is 878. The van der Waals surface area contributed by atoms with Crippen molar-refractivity contribution >= 4 is 44.1 Å². The summed E-state index contributed by atoms with van der Waals surface area (Å²) in [5.74, 6) is 0.632. The summed E-state index contributed by atoms with van der Waals surface area (Å²) in [4.78, 5) is 11.0. The Morgan fingerprint density at radius 1 is 1.21 bits per heavy atom. The van der Waals surface area contributed by atoms with Crippen LogP contribution in [0.1, 0.15) is 6.42 Å². The van der Waals surface area contributed by atoms with Gasteiger partial charge < -0.3 is 14.4 Å². The minimum Gasteiger partial charge on any atom is -0.494 e. The zero-order valence-corrected chi connectivity index (χ0v) is 14.9. The predicted octanol–water partition coefficient (Wildman–Crippen LogP) is 5.63. The molecule has 3 rings (SSSR count). The lowest BCUT2D eigenvalue weighted by molar-refractivity contribution is 0.298. The van der Waals surface area contributed by atoms with Crippen molar-refractivity contribution in [3.63, 3.8) is 0 Å². The second kappa shape index (κ2) is 7.23. The third-order valence-electron chi connectivity index (χ3n) is 3.67. The average Bonchev–Trinajstić information content (AvgIpc) is 2.83. The van der Waals surface area contributed by atoms with Gasteiger partial charge in [0.2, 0.25) is 5.88 Å². The normalized spacial score (nSPS) is 10.9. The molecule has 0 bridgehead atoms. The second-order valence-corrected chi connectivity index (χ2v) is 6.58. The number of aryl methyl sites for hydroxylation is 1. The van der Waals surface area contributed by atoms with Gasteiger partial charge in [-0.2, -0.15) is 0 Å². The fourth-order valence-electron chi connectivity index (χ4n) is 2.56. The Morgan fingerprint density at radius 2 is 1.96 bits per heavy atom. The zero-order chi connectivity index (χ0) is 17.1. The highest BCUT2D eigenvalue weighted by atomic mass is 79.9. The second-order valence-electron chi connectivity index (χ2n) is 5.23. The van der Waals surface area contributed by atoms with Gasteiger partial charge in [-0.15, -0.1) is 4.91 Å². The lowest BCUT2D eigenvalue weighted by atomic mass is 10.2. The molecule has 1 aromatic heterocycles. The number of ether oxygens (including phenoxy) is 1. The summed E-state index contributed by atoms with van der Waals surface area (Å²) in [6, 6.07) is 12.7. The van der Waals surface area contributed by atoms with Crippen LogP contribution in [0.15, 0.2) is 52.1 Å². The van der Waals surface area contributed by atoms with Gasteiger partial charge in [0.1, 0.15) is 5.75 Å². The van der Waals surface area contributed by atoms with Crippen LogP contribution >= 0.6 is 27.5 Å². The van der Waals surface area contributed by atoms with Crippen LogP contribution in [0.4, 0.5) is 5.69 Å². The molecule has 0 aliphatic rings. The van der Waals surface area contributed by atoms with E-state index >= 15 is 0 Å². The van der Waals surface area contributed by atoms with Gasteiger partial charge in [0.05, 0.1) is 12.1 Å². The fraction of sp³-hybridized carbons (Fsp3) is 0.176. The molecule has 0 radical (unpaired) electrons. The number of aromatic hydroxyl groups is 1. The maximum Gasteiger partial charge on any atom is 0.222 e. The van der Waals surface area contributed by atoms with E-state index in [2.05, 4.69) is 21.1 Å². The standard InChI is InChI=1S/C17H14BrClN2O3/c18-11-2-5-13(6-3-11)24-9-1-8-21-15-7-4-12(19)10-14(15)16(20-23)17(21)22/h2-7,10,22H,1,8-9H2. The highest BCUT2D eigenvalue weighted by molar-refractivity contribution is 9.10. The number of halogens is 2. The molecule has 1 heterocycles. The molecule has 0 atom stereocenters. The molecule has 3 aromatic rings. The third-order valence-corrected chi connectivity index (χ3v) is 4.44. The summed E-state index contributed by atoms with van der Waals surface area (Å²) in [5.41, 5.74) is 0.733. The molecule has 5 nitrogen and oxygen atoms in total. The van der Waals surface area contributed by atoms with E-state index in [0.29, 0.717) is 30.0 Å². The van der Waals surface area contributed by atoms with Crippen molar-refractivity contribution in [1.29, 1.82) is 0 Å². The largest absolute Gasteiger partial charge is 0.494 e. The SMILES string of the molecule is O=Nc1c(O)n(CCCOc2ccc(Br)cc2)c2ccc(Cl)cc12. The number of hydrogen-bond acceptors (Lipinski definition) is 4. The van der Waals surface area contributed by atoms with Crippen molar-refractivity contribution in [3.8, 4) is 11.6 Å². The van der Waals surface area contributed by atoms with E-state index in [1.807, 2.05) is 24.3 Å². The molecule has 0 spiro atoms. The average molecular weight is 410 g/mol. The van der Waals surface area contributed by atoms with Gasteiger partial charge in [-0.3, -0.25) is 0 Å². The van der Waals surface area contributed by atoms with Crippen LogP contribution in [0.5, 0.6) is 11.6 Å². The molecular weight excluding hydrogens is 396 g/mol. The lowest BCUT2D eigenvalue weighted by Gasteiger charge is -2.09. The Kier molecular flexibility index (Phi) is 5.06. The number of nitrogens with zero attached hydrogens (tertiary/aromatic N) is 2. The Labute approximate surface area is 151 Å². The van der Waals surface area contributed by atoms with Gasteiger partial charge in [0, 0.05) is 21.4 Å². The van der Waals surface area contributed by atoms with E-state index in [-0.39, 0.29) is 11.6 Å². The van der Waals surface area contributed by atoms with Gasteiger partial charge in [0.25, 0.3) is 0 Å². The smallest absolute Gasteiger partial charge is 0.222 e. The number of nitroso groups, excluding NO2 is 1. The number of aromatic nitrogens is 1.